The van der Waals surface area contributed by atoms with Gasteiger partial charge in [-0.25, -0.2) is 13.6 Å². The summed E-state index contributed by atoms with van der Waals surface area (Å²) in [6, 6.07) is 5.45. The molecule has 0 aliphatic carbocycles. The zero-order chi connectivity index (χ0) is 20.3. The number of amides is 1. The zero-order valence-electron chi connectivity index (χ0n) is 15.5. The van der Waals surface area contributed by atoms with E-state index >= 15 is 0 Å². The molecule has 1 aliphatic heterocycles. The monoisotopic (exact) mass is 387 g/mol. The molecule has 146 valence electrons. The first-order valence-corrected chi connectivity index (χ1v) is 8.71. The second-order valence-corrected chi connectivity index (χ2v) is 6.61. The van der Waals surface area contributed by atoms with E-state index in [1.54, 1.807) is 19.2 Å². The summed E-state index contributed by atoms with van der Waals surface area (Å²) in [5.74, 6) is -1.74. The number of ketones is 1. The van der Waals surface area contributed by atoms with Crippen molar-refractivity contribution in [1.82, 2.24) is 10.3 Å². The Hall–Kier alpha value is -3.16. The van der Waals surface area contributed by atoms with Crippen molar-refractivity contribution in [3.05, 3.63) is 64.5 Å². The quantitative estimate of drug-likeness (QED) is 0.854. The van der Waals surface area contributed by atoms with E-state index in [2.05, 4.69) is 20.0 Å². The molecule has 1 atom stereocenters. The average Bonchev–Trinajstić information content (AvgIpc) is 3.05. The average molecular weight is 387 g/mol. The standard InChI is InChI=1S/C20H19F2N3O3/c1-11(12-3-4-17(21)18(22)7-12)5-15(26)8-14-6-13-9-24-19(16(13)10-23-14)25-20(27)28-2/h3-4,6-7,10-11H,5,8-9H2,1-2H3,(H,24,25,27). The van der Waals surface area contributed by atoms with Crippen molar-refractivity contribution >= 4 is 17.7 Å². The molecule has 6 nitrogen and oxygen atoms in total. The minimum atomic E-state index is -0.923. The van der Waals surface area contributed by atoms with Crippen LogP contribution in [-0.4, -0.2) is 29.8 Å². The zero-order valence-corrected chi connectivity index (χ0v) is 15.5. The van der Waals surface area contributed by atoms with Gasteiger partial charge in [0, 0.05) is 30.3 Å². The van der Waals surface area contributed by atoms with Gasteiger partial charge in [0.15, 0.2) is 11.6 Å². The van der Waals surface area contributed by atoms with Crippen LogP contribution in [0.3, 0.4) is 0 Å². The molecule has 0 fully saturated rings. The Morgan fingerprint density at radius 1 is 1.25 bits per heavy atom. The van der Waals surface area contributed by atoms with Crippen molar-refractivity contribution in [3.63, 3.8) is 0 Å². The number of rotatable bonds is 5. The summed E-state index contributed by atoms with van der Waals surface area (Å²) >= 11 is 0. The Morgan fingerprint density at radius 3 is 2.75 bits per heavy atom. The Bertz CT molecular complexity index is 960. The van der Waals surface area contributed by atoms with Crippen LogP contribution >= 0.6 is 0 Å². The molecule has 3 rings (SSSR count). The third-order valence-corrected chi connectivity index (χ3v) is 4.54. The number of aliphatic imine (C=N–C) groups is 1. The van der Waals surface area contributed by atoms with E-state index in [9.17, 15) is 18.4 Å². The number of hydrogen-bond acceptors (Lipinski definition) is 5. The highest BCUT2D eigenvalue weighted by molar-refractivity contribution is 6.08. The number of alkyl carbamates (subject to hydrolysis) is 1. The number of carbonyl (C=O) groups excluding carboxylic acids is 2. The minimum absolute atomic E-state index is 0.0588. The number of amidine groups is 1. The first-order chi connectivity index (χ1) is 13.4. The molecular weight excluding hydrogens is 368 g/mol. The van der Waals surface area contributed by atoms with Gasteiger partial charge in [-0.2, -0.15) is 0 Å². The molecule has 28 heavy (non-hydrogen) atoms. The molecule has 0 saturated carbocycles. The molecule has 0 saturated heterocycles. The topological polar surface area (TPSA) is 80.6 Å². The highest BCUT2D eigenvalue weighted by atomic mass is 19.2. The van der Waals surface area contributed by atoms with Gasteiger partial charge in [0.25, 0.3) is 0 Å². The van der Waals surface area contributed by atoms with E-state index in [1.807, 2.05) is 0 Å². The van der Waals surface area contributed by atoms with E-state index in [1.165, 1.54) is 13.2 Å². The first-order valence-electron chi connectivity index (χ1n) is 8.71. The fraction of sp³-hybridized carbons (Fsp3) is 0.300. The maximum absolute atomic E-state index is 13.4. The van der Waals surface area contributed by atoms with Crippen molar-refractivity contribution in [2.24, 2.45) is 4.99 Å². The summed E-state index contributed by atoms with van der Waals surface area (Å²) in [5, 5.41) is 2.52. The van der Waals surface area contributed by atoms with Crippen LogP contribution in [0.2, 0.25) is 0 Å². The summed E-state index contributed by atoms with van der Waals surface area (Å²) in [6.07, 6.45) is 1.27. The smallest absolute Gasteiger partial charge is 0.412 e. The van der Waals surface area contributed by atoms with Crippen molar-refractivity contribution in [2.45, 2.75) is 32.2 Å². The number of hydrogen-bond donors (Lipinski definition) is 1. The summed E-state index contributed by atoms with van der Waals surface area (Å²) in [7, 11) is 1.26. The number of fused-ring (bicyclic) bond motifs is 1. The lowest BCUT2D eigenvalue weighted by Gasteiger charge is -2.12. The van der Waals surface area contributed by atoms with E-state index in [0.29, 0.717) is 29.2 Å². The highest BCUT2D eigenvalue weighted by Gasteiger charge is 2.20. The molecule has 0 radical (unpaired) electrons. The van der Waals surface area contributed by atoms with Crippen molar-refractivity contribution in [2.75, 3.05) is 7.11 Å². The fourth-order valence-electron chi connectivity index (χ4n) is 3.04. The molecule has 1 aromatic carbocycles. The third kappa shape index (κ3) is 4.39. The van der Waals surface area contributed by atoms with Gasteiger partial charge in [-0.15, -0.1) is 0 Å². The van der Waals surface area contributed by atoms with Gasteiger partial charge in [-0.05, 0) is 35.2 Å². The van der Waals surface area contributed by atoms with E-state index in [4.69, 9.17) is 0 Å². The maximum Gasteiger partial charge on any atom is 0.412 e. The molecule has 8 heteroatoms. The van der Waals surface area contributed by atoms with Crippen LogP contribution in [0.5, 0.6) is 0 Å². The molecule has 0 bridgehead atoms. The summed E-state index contributed by atoms with van der Waals surface area (Å²) < 4.78 is 31.0. The molecule has 0 spiro atoms. The normalized spacial score (nSPS) is 13.5. The van der Waals surface area contributed by atoms with Gasteiger partial charge in [0.2, 0.25) is 0 Å². The Labute approximate surface area is 160 Å². The number of benzene rings is 1. The molecule has 1 N–H and O–H groups in total. The van der Waals surface area contributed by atoms with Crippen LogP contribution in [0.4, 0.5) is 13.6 Å². The number of pyridine rings is 1. The van der Waals surface area contributed by atoms with E-state index < -0.39 is 17.7 Å². The van der Waals surface area contributed by atoms with Gasteiger partial charge in [-0.1, -0.05) is 13.0 Å². The van der Waals surface area contributed by atoms with Gasteiger partial charge in [-0.3, -0.25) is 20.1 Å². The molecule has 1 unspecified atom stereocenters. The third-order valence-electron chi connectivity index (χ3n) is 4.54. The summed E-state index contributed by atoms with van der Waals surface area (Å²) in [6.45, 7) is 2.17. The lowest BCUT2D eigenvalue weighted by Crippen LogP contribution is -2.30. The van der Waals surface area contributed by atoms with Crippen molar-refractivity contribution < 1.29 is 23.1 Å². The highest BCUT2D eigenvalue weighted by Crippen LogP contribution is 2.23. The van der Waals surface area contributed by atoms with Gasteiger partial charge < -0.3 is 4.74 Å². The van der Waals surface area contributed by atoms with Gasteiger partial charge >= 0.3 is 6.09 Å². The number of carbonyl (C=O) groups is 2. The Morgan fingerprint density at radius 2 is 2.04 bits per heavy atom. The summed E-state index contributed by atoms with van der Waals surface area (Å²) in [4.78, 5) is 32.2. The van der Waals surface area contributed by atoms with Gasteiger partial charge in [0.1, 0.15) is 11.6 Å². The molecule has 1 aromatic heterocycles. The first kappa shape index (κ1) is 19.6. The lowest BCUT2D eigenvalue weighted by molar-refractivity contribution is -0.118. The number of nitrogens with zero attached hydrogens (tertiary/aromatic N) is 2. The molecule has 1 amide bonds. The molecule has 2 aromatic rings. The largest absolute Gasteiger partial charge is 0.453 e. The van der Waals surface area contributed by atoms with E-state index in [-0.39, 0.29) is 24.5 Å². The molecule has 2 heterocycles. The van der Waals surface area contributed by atoms with Gasteiger partial charge in [0.05, 0.1) is 13.7 Å². The number of nitrogens with one attached hydrogen (secondary N) is 1. The van der Waals surface area contributed by atoms with Crippen LogP contribution in [-0.2, 0) is 22.5 Å². The van der Waals surface area contributed by atoms with Crippen LogP contribution in [0.25, 0.3) is 0 Å². The second-order valence-electron chi connectivity index (χ2n) is 6.61. The SMILES string of the molecule is COC(=O)NC1=NCc2cc(CC(=O)CC(C)c3ccc(F)c(F)c3)ncc21. The van der Waals surface area contributed by atoms with Crippen LogP contribution in [0.1, 0.15) is 41.6 Å². The molecular formula is C20H19F2N3O3. The lowest BCUT2D eigenvalue weighted by atomic mass is 9.94. The molecule has 1 aliphatic rings. The fourth-order valence-corrected chi connectivity index (χ4v) is 3.04. The number of Topliss-reactive ketones (excluding diaryl/α,β-unsaturated/α-hetero) is 1. The maximum atomic E-state index is 13.4. The van der Waals surface area contributed by atoms with Crippen LogP contribution < -0.4 is 5.32 Å². The predicted molar refractivity (Wildman–Crippen MR) is 98.1 cm³/mol. The van der Waals surface area contributed by atoms with E-state index in [0.717, 1.165) is 17.7 Å². The minimum Gasteiger partial charge on any atom is -0.453 e. The number of methoxy groups -OCH3 is 1. The van der Waals surface area contributed by atoms with Crippen LogP contribution in [0, 0.1) is 11.6 Å². The number of halogens is 2. The predicted octanol–water partition coefficient (Wildman–Crippen LogP) is 3.28. The van der Waals surface area contributed by atoms with Crippen molar-refractivity contribution in [3.8, 4) is 0 Å². The number of aromatic nitrogens is 1. The number of ether oxygens (including phenoxy) is 1. The summed E-state index contributed by atoms with van der Waals surface area (Å²) in [5.41, 5.74) is 2.71. The Kier molecular flexibility index (Phi) is 5.77. The second kappa shape index (κ2) is 8.24. The Balaban J connectivity index is 1.62. The van der Waals surface area contributed by atoms with Crippen molar-refractivity contribution in [1.29, 1.82) is 0 Å². The van der Waals surface area contributed by atoms with Crippen LogP contribution in [0.15, 0.2) is 35.5 Å².